The lowest BCUT2D eigenvalue weighted by Gasteiger charge is -2.32. The zero-order chi connectivity index (χ0) is 25.2. The maximum atomic E-state index is 13.3. The van der Waals surface area contributed by atoms with E-state index in [0.717, 1.165) is 19.3 Å². The molecule has 1 amide bonds. The van der Waals surface area contributed by atoms with Crippen LogP contribution in [0.5, 0.6) is 5.75 Å². The van der Waals surface area contributed by atoms with Crippen molar-refractivity contribution < 1.29 is 27.5 Å². The van der Waals surface area contributed by atoms with E-state index < -0.39 is 28.5 Å². The van der Waals surface area contributed by atoms with Crippen molar-refractivity contribution in [3.8, 4) is 5.75 Å². The van der Waals surface area contributed by atoms with E-state index in [4.69, 9.17) is 9.47 Å². The number of anilines is 1. The summed E-state index contributed by atoms with van der Waals surface area (Å²) in [7, 11) is -2.55. The summed E-state index contributed by atoms with van der Waals surface area (Å²) in [6.45, 7) is 1.66. The summed E-state index contributed by atoms with van der Waals surface area (Å²) in [5.41, 5.74) is 1.12. The highest BCUT2D eigenvalue weighted by Crippen LogP contribution is 2.31. The van der Waals surface area contributed by atoms with E-state index >= 15 is 0 Å². The second kappa shape index (κ2) is 9.92. The molecular formula is C23H26N4O7S. The molecule has 0 unspecified atom stereocenters. The Morgan fingerprint density at radius 2 is 1.89 bits per heavy atom. The highest BCUT2D eigenvalue weighted by molar-refractivity contribution is 7.89. The molecule has 1 aromatic heterocycles. The van der Waals surface area contributed by atoms with Gasteiger partial charge in [-0.2, -0.15) is 4.31 Å². The monoisotopic (exact) mass is 502 g/mol. The maximum absolute atomic E-state index is 13.3. The predicted octanol–water partition coefficient (Wildman–Crippen LogP) is 2.22. The van der Waals surface area contributed by atoms with Crippen molar-refractivity contribution >= 4 is 38.6 Å². The molecule has 1 fully saturated rings. The quantitative estimate of drug-likeness (QED) is 0.419. The molecule has 3 aromatic rings. The van der Waals surface area contributed by atoms with Gasteiger partial charge in [0.25, 0.3) is 5.91 Å². The predicted molar refractivity (Wildman–Crippen MR) is 128 cm³/mol. The second-order valence-electron chi connectivity index (χ2n) is 8.29. The number of hydrogen-bond acceptors (Lipinski definition) is 7. The number of benzene rings is 2. The van der Waals surface area contributed by atoms with Gasteiger partial charge in [-0.25, -0.2) is 18.0 Å². The average Bonchev–Trinajstić information content (AvgIpc) is 3.21. The molecule has 0 saturated carbocycles. The van der Waals surface area contributed by atoms with Gasteiger partial charge in [0.1, 0.15) is 10.6 Å². The van der Waals surface area contributed by atoms with Gasteiger partial charge in [0.15, 0.2) is 6.61 Å². The molecule has 2 heterocycles. The summed E-state index contributed by atoms with van der Waals surface area (Å²) in [6, 6.07) is 8.60. The van der Waals surface area contributed by atoms with Crippen LogP contribution in [0.4, 0.5) is 5.69 Å². The average molecular weight is 503 g/mol. The Morgan fingerprint density at radius 1 is 1.11 bits per heavy atom. The number of nitrogens with zero attached hydrogens (tertiary/aromatic N) is 1. The fraction of sp³-hybridized carbons (Fsp3) is 0.348. The number of carbonyl (C=O) groups excluding carboxylic acids is 2. The van der Waals surface area contributed by atoms with Crippen LogP contribution < -0.4 is 15.7 Å². The van der Waals surface area contributed by atoms with E-state index in [-0.39, 0.29) is 27.9 Å². The molecule has 12 heteroatoms. The van der Waals surface area contributed by atoms with Crippen LogP contribution in [0.25, 0.3) is 11.0 Å². The van der Waals surface area contributed by atoms with Gasteiger partial charge >= 0.3 is 11.7 Å². The second-order valence-corrected chi connectivity index (χ2v) is 10.1. The number of fused-ring (bicyclic) bond motifs is 1. The van der Waals surface area contributed by atoms with Gasteiger partial charge in [0, 0.05) is 18.3 Å². The number of nitrogens with one attached hydrogen (secondary N) is 3. The topological polar surface area (TPSA) is 151 Å². The van der Waals surface area contributed by atoms with Crippen LogP contribution in [0, 0.1) is 0 Å². The number of methoxy groups -OCH3 is 1. The Hall–Kier alpha value is -3.64. The highest BCUT2D eigenvalue weighted by Gasteiger charge is 2.33. The molecule has 3 N–H and O–H groups in total. The molecule has 1 aliphatic rings. The highest BCUT2D eigenvalue weighted by atomic mass is 32.2. The van der Waals surface area contributed by atoms with Crippen LogP contribution >= 0.6 is 0 Å². The van der Waals surface area contributed by atoms with E-state index in [0.29, 0.717) is 23.3 Å². The first-order chi connectivity index (χ1) is 16.7. The van der Waals surface area contributed by atoms with Gasteiger partial charge in [0.2, 0.25) is 10.0 Å². The molecule has 186 valence electrons. The van der Waals surface area contributed by atoms with Crippen LogP contribution in [-0.4, -0.2) is 60.9 Å². The van der Waals surface area contributed by atoms with E-state index in [1.807, 2.05) is 6.92 Å². The Bertz CT molecular complexity index is 1430. The molecule has 11 nitrogen and oxygen atoms in total. The number of rotatable bonds is 7. The number of H-pyrrole nitrogens is 2. The number of ether oxygens (including phenoxy) is 2. The molecular weight excluding hydrogens is 476 g/mol. The number of sulfonamides is 1. The third kappa shape index (κ3) is 5.23. The van der Waals surface area contributed by atoms with Gasteiger partial charge in [-0.15, -0.1) is 0 Å². The molecule has 0 aliphatic carbocycles. The largest absolute Gasteiger partial charge is 0.495 e. The molecule has 0 spiro atoms. The van der Waals surface area contributed by atoms with Crippen molar-refractivity contribution in [2.24, 2.45) is 0 Å². The molecule has 2 aromatic carbocycles. The lowest BCUT2D eigenvalue weighted by atomic mass is 10.1. The van der Waals surface area contributed by atoms with Crippen LogP contribution in [0.3, 0.4) is 0 Å². The van der Waals surface area contributed by atoms with E-state index in [9.17, 15) is 22.8 Å². The Kier molecular flexibility index (Phi) is 6.94. The first-order valence-electron chi connectivity index (χ1n) is 11.1. The van der Waals surface area contributed by atoms with Crippen molar-refractivity contribution in [2.45, 2.75) is 37.1 Å². The third-order valence-electron chi connectivity index (χ3n) is 5.86. The molecule has 4 rings (SSSR count). The number of piperidine rings is 1. The van der Waals surface area contributed by atoms with Gasteiger partial charge < -0.3 is 24.8 Å². The lowest BCUT2D eigenvalue weighted by molar-refractivity contribution is -0.119. The molecule has 1 atom stereocenters. The lowest BCUT2D eigenvalue weighted by Crippen LogP contribution is -2.42. The number of aromatic nitrogens is 2. The minimum absolute atomic E-state index is 0.0202. The molecule has 0 radical (unpaired) electrons. The summed E-state index contributed by atoms with van der Waals surface area (Å²) in [6.07, 6.45) is 2.47. The summed E-state index contributed by atoms with van der Waals surface area (Å²) in [5, 5.41) is 2.58. The van der Waals surface area contributed by atoms with Gasteiger partial charge in [-0.3, -0.25) is 4.79 Å². The number of esters is 1. The normalized spacial score (nSPS) is 16.7. The molecule has 35 heavy (non-hydrogen) atoms. The van der Waals surface area contributed by atoms with Crippen molar-refractivity contribution in [2.75, 3.05) is 25.6 Å². The minimum Gasteiger partial charge on any atom is -0.495 e. The van der Waals surface area contributed by atoms with Gasteiger partial charge in [-0.1, -0.05) is 6.42 Å². The van der Waals surface area contributed by atoms with Crippen molar-refractivity contribution in [3.63, 3.8) is 0 Å². The minimum atomic E-state index is -3.90. The van der Waals surface area contributed by atoms with Crippen LogP contribution in [0.1, 0.15) is 36.5 Å². The summed E-state index contributed by atoms with van der Waals surface area (Å²) in [4.78, 5) is 41.3. The first kappa shape index (κ1) is 24.5. The fourth-order valence-electron chi connectivity index (χ4n) is 4.08. The summed E-state index contributed by atoms with van der Waals surface area (Å²) < 4.78 is 38.4. The number of amides is 1. The van der Waals surface area contributed by atoms with E-state index in [1.165, 1.54) is 29.6 Å². The number of hydrogen-bond donors (Lipinski definition) is 3. The number of imidazole rings is 1. The SMILES string of the molecule is COc1ccc(C(=O)OCC(=O)Nc2ccc3[nH]c(=O)[nH]c3c2)cc1S(=O)(=O)N1CCCC[C@@H]1C. The summed E-state index contributed by atoms with van der Waals surface area (Å²) in [5.74, 6) is -1.33. The third-order valence-corrected chi connectivity index (χ3v) is 7.90. The zero-order valence-corrected chi connectivity index (χ0v) is 20.1. The van der Waals surface area contributed by atoms with E-state index in [2.05, 4.69) is 15.3 Å². The zero-order valence-electron chi connectivity index (χ0n) is 19.3. The van der Waals surface area contributed by atoms with E-state index in [1.54, 1.807) is 18.2 Å². The van der Waals surface area contributed by atoms with Crippen LogP contribution in [0.2, 0.25) is 0 Å². The van der Waals surface area contributed by atoms with Gasteiger partial charge in [-0.05, 0) is 56.2 Å². The smallest absolute Gasteiger partial charge is 0.338 e. The van der Waals surface area contributed by atoms with Crippen molar-refractivity contribution in [1.82, 2.24) is 14.3 Å². The number of aromatic amines is 2. The Labute approximate surface area is 201 Å². The molecule has 0 bridgehead atoms. The van der Waals surface area contributed by atoms with Crippen LogP contribution in [-0.2, 0) is 19.6 Å². The van der Waals surface area contributed by atoms with Gasteiger partial charge in [0.05, 0.1) is 23.7 Å². The number of carbonyl (C=O) groups is 2. The molecule has 1 saturated heterocycles. The first-order valence-corrected chi connectivity index (χ1v) is 12.5. The standard InChI is InChI=1S/C23H26N4O7S/c1-14-5-3-4-10-27(14)35(31,32)20-11-15(6-9-19(20)33-2)22(29)34-13-21(28)24-16-7-8-17-18(12-16)26-23(30)25-17/h6-9,11-12,14H,3-5,10,13H2,1-2H3,(H,24,28)(H2,25,26,30)/t14-/m0/s1. The summed E-state index contributed by atoms with van der Waals surface area (Å²) >= 11 is 0. The maximum Gasteiger partial charge on any atom is 0.338 e. The Balaban J connectivity index is 1.46. The fourth-order valence-corrected chi connectivity index (χ4v) is 5.97. The van der Waals surface area contributed by atoms with Crippen LogP contribution in [0.15, 0.2) is 46.1 Å². The Morgan fingerprint density at radius 3 is 2.63 bits per heavy atom. The van der Waals surface area contributed by atoms with Crippen molar-refractivity contribution in [3.05, 3.63) is 52.4 Å². The molecule has 1 aliphatic heterocycles. The van der Waals surface area contributed by atoms with Crippen molar-refractivity contribution in [1.29, 1.82) is 0 Å².